The Hall–Kier alpha value is -1.57. The number of aliphatic hydroxyl groups is 1. The number of benzene rings is 1. The van der Waals surface area contributed by atoms with Crippen LogP contribution in [0.5, 0.6) is 0 Å². The molecule has 0 aromatic heterocycles. The Morgan fingerprint density at radius 1 is 1.33 bits per heavy atom. The minimum Gasteiger partial charge on any atom is -0.516 e. The maximum Gasteiger partial charge on any atom is 0.233 e. The predicted octanol–water partition coefficient (Wildman–Crippen LogP) is 1.76. The minimum atomic E-state index is 0.548. The van der Waals surface area contributed by atoms with E-state index in [0.717, 1.165) is 11.8 Å². The van der Waals surface area contributed by atoms with Crippen molar-refractivity contribution in [2.24, 2.45) is 0 Å². The fourth-order valence-corrected chi connectivity index (χ4v) is 0.898. The fourth-order valence-electron chi connectivity index (χ4n) is 0.898. The number of carbonyl (C=O) groups excluding carboxylic acids is 1. The first-order valence-corrected chi connectivity index (χ1v) is 3.63. The Balaban J connectivity index is 2.70. The monoisotopic (exact) mass is 161 g/mol. The largest absolute Gasteiger partial charge is 0.516 e. The third-order valence-electron chi connectivity index (χ3n) is 1.53. The van der Waals surface area contributed by atoms with Crippen molar-refractivity contribution in [1.82, 2.24) is 0 Å². The molecule has 0 spiro atoms. The zero-order valence-electron chi connectivity index (χ0n) is 6.53. The Kier molecular flexibility index (Phi) is 3.08. The summed E-state index contributed by atoms with van der Waals surface area (Å²) in [4.78, 5) is 10.2. The van der Waals surface area contributed by atoms with Crippen molar-refractivity contribution in [3.63, 3.8) is 0 Å². The van der Waals surface area contributed by atoms with Crippen LogP contribution < -0.4 is 0 Å². The van der Waals surface area contributed by atoms with Gasteiger partial charge >= 0.3 is 0 Å². The molecule has 0 aliphatic rings. The maximum atomic E-state index is 10.2. The zero-order chi connectivity index (χ0) is 8.81. The first-order chi connectivity index (χ1) is 5.86. The summed E-state index contributed by atoms with van der Waals surface area (Å²) < 4.78 is 0. The average Bonchev–Trinajstić information content (AvgIpc) is 2.15. The second-order valence-electron chi connectivity index (χ2n) is 2.39. The van der Waals surface area contributed by atoms with Crippen molar-refractivity contribution in [2.75, 3.05) is 0 Å². The van der Waals surface area contributed by atoms with Gasteiger partial charge in [0.2, 0.25) is 6.29 Å². The highest BCUT2D eigenvalue weighted by Gasteiger charge is 1.91. The van der Waals surface area contributed by atoms with Gasteiger partial charge in [0, 0.05) is 5.56 Å². The van der Waals surface area contributed by atoms with Crippen LogP contribution in [0.1, 0.15) is 11.1 Å². The van der Waals surface area contributed by atoms with Gasteiger partial charge in [0.15, 0.2) is 0 Å². The van der Waals surface area contributed by atoms with E-state index in [0.29, 0.717) is 12.0 Å². The summed E-state index contributed by atoms with van der Waals surface area (Å²) in [5.41, 5.74) is 1.60. The van der Waals surface area contributed by atoms with Gasteiger partial charge in [-0.15, -0.1) is 0 Å². The molecular weight excluding hydrogens is 152 g/mol. The van der Waals surface area contributed by atoms with Crippen molar-refractivity contribution < 1.29 is 9.90 Å². The molecule has 0 bridgehead atoms. The van der Waals surface area contributed by atoms with E-state index in [-0.39, 0.29) is 0 Å². The molecule has 1 rings (SSSR count). The molecule has 2 nitrogen and oxygen atoms in total. The van der Waals surface area contributed by atoms with Crippen LogP contribution in [0.15, 0.2) is 36.6 Å². The summed E-state index contributed by atoms with van der Waals surface area (Å²) >= 11 is 0. The molecule has 1 N–H and O–H groups in total. The molecule has 12 heavy (non-hydrogen) atoms. The normalized spacial score (nSPS) is 10.3. The second-order valence-corrected chi connectivity index (χ2v) is 2.39. The molecule has 0 amide bonds. The van der Waals surface area contributed by atoms with Crippen LogP contribution >= 0.6 is 0 Å². The van der Waals surface area contributed by atoms with Crippen LogP contribution in [0.2, 0.25) is 0 Å². The van der Waals surface area contributed by atoms with Crippen LogP contribution in [0, 0.1) is 0 Å². The Bertz CT molecular complexity index is 272. The van der Waals surface area contributed by atoms with Crippen LogP contribution in [0.25, 0.3) is 0 Å². The van der Waals surface area contributed by atoms with E-state index in [2.05, 4.69) is 0 Å². The lowest BCUT2D eigenvalue weighted by molar-refractivity contribution is 0.471. The molecule has 0 atom stereocenters. The molecule has 0 unspecified atom stereocenters. The lowest BCUT2D eigenvalue weighted by atomic mass is 10.1. The van der Waals surface area contributed by atoms with Gasteiger partial charge in [-0.2, -0.15) is 0 Å². The fraction of sp³-hybridized carbons (Fsp3) is 0.100. The highest BCUT2D eigenvalue weighted by Crippen LogP contribution is 2.03. The molecular formula is C10H9O2. The topological polar surface area (TPSA) is 37.3 Å². The standard InChI is InChI=1S/C10H9O2/c11-7-1-2-9-3-5-10(8-12)6-4-9/h1,3-7,11H,2H2. The number of hydrogen-bond donors (Lipinski definition) is 1. The first kappa shape index (κ1) is 8.53. The molecule has 0 aliphatic heterocycles. The molecule has 1 radical (unpaired) electrons. The van der Waals surface area contributed by atoms with Crippen LogP contribution in [0.3, 0.4) is 0 Å². The molecule has 0 saturated carbocycles. The first-order valence-electron chi connectivity index (χ1n) is 3.63. The summed E-state index contributed by atoms with van der Waals surface area (Å²) in [5.74, 6) is 0. The van der Waals surface area contributed by atoms with E-state index in [1.807, 2.05) is 12.1 Å². The zero-order valence-corrected chi connectivity index (χ0v) is 6.53. The highest BCUT2D eigenvalue weighted by molar-refractivity contribution is 5.75. The summed E-state index contributed by atoms with van der Waals surface area (Å²) in [6.07, 6.45) is 5.12. The van der Waals surface area contributed by atoms with E-state index in [1.165, 1.54) is 0 Å². The second kappa shape index (κ2) is 4.34. The SMILES string of the molecule is O=[C]c1ccc(CC=CO)cc1. The van der Waals surface area contributed by atoms with Gasteiger partial charge in [-0.05, 0) is 18.1 Å². The minimum absolute atomic E-state index is 0.548. The van der Waals surface area contributed by atoms with E-state index in [1.54, 1.807) is 24.5 Å². The third-order valence-corrected chi connectivity index (χ3v) is 1.53. The van der Waals surface area contributed by atoms with Crippen molar-refractivity contribution in [1.29, 1.82) is 0 Å². The van der Waals surface area contributed by atoms with E-state index in [4.69, 9.17) is 5.11 Å². The van der Waals surface area contributed by atoms with E-state index in [9.17, 15) is 4.79 Å². The van der Waals surface area contributed by atoms with Crippen LogP contribution in [0.4, 0.5) is 0 Å². The van der Waals surface area contributed by atoms with Gasteiger partial charge < -0.3 is 5.11 Å². The number of rotatable bonds is 3. The van der Waals surface area contributed by atoms with E-state index < -0.39 is 0 Å². The van der Waals surface area contributed by atoms with E-state index >= 15 is 0 Å². The average molecular weight is 161 g/mol. The molecule has 2 heteroatoms. The Labute approximate surface area is 71.2 Å². The summed E-state index contributed by atoms with van der Waals surface area (Å²) in [6, 6.07) is 7.07. The molecule has 0 aliphatic carbocycles. The van der Waals surface area contributed by atoms with Crippen LogP contribution in [-0.2, 0) is 11.2 Å². The molecule has 1 aromatic rings. The lowest BCUT2D eigenvalue weighted by Gasteiger charge is -1.94. The number of allylic oxidation sites excluding steroid dienone is 1. The van der Waals surface area contributed by atoms with Gasteiger partial charge in [0.1, 0.15) is 0 Å². The predicted molar refractivity (Wildman–Crippen MR) is 46.7 cm³/mol. The smallest absolute Gasteiger partial charge is 0.233 e. The van der Waals surface area contributed by atoms with Crippen molar-refractivity contribution in [2.45, 2.75) is 6.42 Å². The van der Waals surface area contributed by atoms with Gasteiger partial charge in [0.25, 0.3) is 0 Å². The van der Waals surface area contributed by atoms with Gasteiger partial charge in [0.05, 0.1) is 6.26 Å². The van der Waals surface area contributed by atoms with Crippen LogP contribution in [-0.4, -0.2) is 11.4 Å². The molecule has 0 heterocycles. The lowest BCUT2D eigenvalue weighted by Crippen LogP contribution is -1.83. The molecule has 0 saturated heterocycles. The molecule has 0 fully saturated rings. The Morgan fingerprint density at radius 2 is 2.00 bits per heavy atom. The van der Waals surface area contributed by atoms with Gasteiger partial charge in [-0.1, -0.05) is 24.3 Å². The quantitative estimate of drug-likeness (QED) is 0.686. The maximum absolute atomic E-state index is 10.2. The number of hydrogen-bond acceptors (Lipinski definition) is 2. The summed E-state index contributed by atoms with van der Waals surface area (Å²) in [6.45, 7) is 0. The van der Waals surface area contributed by atoms with Gasteiger partial charge in [-0.3, -0.25) is 4.79 Å². The van der Waals surface area contributed by atoms with Crippen molar-refractivity contribution >= 4 is 6.29 Å². The van der Waals surface area contributed by atoms with Gasteiger partial charge in [-0.25, -0.2) is 0 Å². The summed E-state index contributed by atoms with van der Waals surface area (Å²) in [5, 5.41) is 8.39. The van der Waals surface area contributed by atoms with Crippen molar-refractivity contribution in [3.8, 4) is 0 Å². The third kappa shape index (κ3) is 2.23. The molecule has 61 valence electrons. The summed E-state index contributed by atoms with van der Waals surface area (Å²) in [7, 11) is 0. The Morgan fingerprint density at radius 3 is 2.50 bits per heavy atom. The molecule has 1 aromatic carbocycles. The highest BCUT2D eigenvalue weighted by atomic mass is 16.2. The number of aliphatic hydroxyl groups excluding tert-OH is 1. The van der Waals surface area contributed by atoms with Crippen molar-refractivity contribution in [3.05, 3.63) is 47.7 Å².